The topological polar surface area (TPSA) is 75.7 Å². The number of hydrogen-bond donors (Lipinski definition) is 1. The first-order valence-corrected chi connectivity index (χ1v) is 10.5. The Labute approximate surface area is 163 Å². The van der Waals surface area contributed by atoms with E-state index >= 15 is 0 Å². The maximum atomic E-state index is 12.7. The van der Waals surface area contributed by atoms with E-state index in [4.69, 9.17) is 4.74 Å². The number of nitrogens with one attached hydrogen (secondary N) is 1. The zero-order chi connectivity index (χ0) is 19.6. The van der Waals surface area contributed by atoms with Gasteiger partial charge >= 0.3 is 0 Å². The molecule has 3 aromatic carbocycles. The van der Waals surface area contributed by atoms with Gasteiger partial charge in [0.15, 0.2) is 0 Å². The van der Waals surface area contributed by atoms with Crippen molar-refractivity contribution in [1.29, 1.82) is 0 Å². The van der Waals surface area contributed by atoms with Crippen LogP contribution in [0, 0.1) is 0 Å². The summed E-state index contributed by atoms with van der Waals surface area (Å²) in [6, 6.07) is 19.1. The fourth-order valence-corrected chi connectivity index (χ4v) is 4.27. The molecule has 144 valence electrons. The average molecular weight is 396 g/mol. The minimum Gasteiger partial charge on any atom is -0.378 e. The van der Waals surface area contributed by atoms with Gasteiger partial charge in [0.1, 0.15) is 0 Å². The van der Waals surface area contributed by atoms with Crippen LogP contribution in [0.3, 0.4) is 0 Å². The molecule has 1 aliphatic heterocycles. The van der Waals surface area contributed by atoms with Crippen molar-refractivity contribution in [3.05, 3.63) is 72.3 Å². The second-order valence-corrected chi connectivity index (χ2v) is 8.28. The van der Waals surface area contributed by atoms with Gasteiger partial charge in [0.25, 0.3) is 15.9 Å². The number of anilines is 1. The van der Waals surface area contributed by atoms with Gasteiger partial charge in [0.2, 0.25) is 0 Å². The summed E-state index contributed by atoms with van der Waals surface area (Å²) in [5.74, 6) is -0.0766. The number of carbonyl (C=O) groups excluding carboxylic acids is 1. The van der Waals surface area contributed by atoms with Gasteiger partial charge in [-0.05, 0) is 47.2 Å². The zero-order valence-electron chi connectivity index (χ0n) is 15.2. The number of nitrogens with zero attached hydrogens (tertiary/aromatic N) is 1. The molecule has 3 aromatic rings. The molecule has 1 N–H and O–H groups in total. The summed E-state index contributed by atoms with van der Waals surface area (Å²) in [5, 5.41) is 1.84. The molecule has 1 amide bonds. The molecule has 1 aliphatic rings. The third-order valence-corrected chi connectivity index (χ3v) is 6.09. The van der Waals surface area contributed by atoms with E-state index in [1.165, 1.54) is 0 Å². The van der Waals surface area contributed by atoms with Crippen LogP contribution in [0.1, 0.15) is 10.4 Å². The monoisotopic (exact) mass is 396 g/mol. The van der Waals surface area contributed by atoms with Crippen LogP contribution in [0.25, 0.3) is 10.8 Å². The molecule has 0 aliphatic carbocycles. The summed E-state index contributed by atoms with van der Waals surface area (Å²) < 4.78 is 33.3. The van der Waals surface area contributed by atoms with Gasteiger partial charge in [0.05, 0.1) is 18.1 Å². The molecule has 0 atom stereocenters. The average Bonchev–Trinajstić information content (AvgIpc) is 2.74. The van der Waals surface area contributed by atoms with Gasteiger partial charge in [-0.2, -0.15) is 0 Å². The van der Waals surface area contributed by atoms with E-state index < -0.39 is 10.0 Å². The number of hydrogen-bond acceptors (Lipinski definition) is 4. The summed E-state index contributed by atoms with van der Waals surface area (Å²) in [6.07, 6.45) is 0. The number of amides is 1. The smallest absolute Gasteiger partial charge is 0.261 e. The summed E-state index contributed by atoms with van der Waals surface area (Å²) in [5.41, 5.74) is 0.933. The van der Waals surface area contributed by atoms with Crippen molar-refractivity contribution in [2.24, 2.45) is 0 Å². The van der Waals surface area contributed by atoms with Crippen LogP contribution in [0.2, 0.25) is 0 Å². The summed E-state index contributed by atoms with van der Waals surface area (Å²) in [4.78, 5) is 14.4. The predicted molar refractivity (Wildman–Crippen MR) is 108 cm³/mol. The second-order valence-electron chi connectivity index (χ2n) is 6.60. The molecule has 28 heavy (non-hydrogen) atoms. The van der Waals surface area contributed by atoms with Gasteiger partial charge < -0.3 is 9.64 Å². The molecule has 0 unspecified atom stereocenters. The van der Waals surface area contributed by atoms with Crippen LogP contribution >= 0.6 is 0 Å². The van der Waals surface area contributed by atoms with Crippen molar-refractivity contribution < 1.29 is 17.9 Å². The van der Waals surface area contributed by atoms with Crippen molar-refractivity contribution in [3.63, 3.8) is 0 Å². The first-order valence-electron chi connectivity index (χ1n) is 9.02. The Kier molecular flexibility index (Phi) is 5.02. The number of rotatable bonds is 4. The highest BCUT2D eigenvalue weighted by Gasteiger charge is 2.19. The first kappa shape index (κ1) is 18.5. The largest absolute Gasteiger partial charge is 0.378 e. The summed E-state index contributed by atoms with van der Waals surface area (Å²) in [7, 11) is -3.72. The number of fused-ring (bicyclic) bond motifs is 1. The van der Waals surface area contributed by atoms with E-state index in [2.05, 4.69) is 4.72 Å². The van der Waals surface area contributed by atoms with Crippen molar-refractivity contribution >= 4 is 32.4 Å². The molecule has 1 saturated heterocycles. The van der Waals surface area contributed by atoms with Gasteiger partial charge in [-0.3, -0.25) is 9.52 Å². The number of benzene rings is 3. The fraction of sp³-hybridized carbons (Fsp3) is 0.190. The summed E-state index contributed by atoms with van der Waals surface area (Å²) >= 11 is 0. The first-order chi connectivity index (χ1) is 13.5. The van der Waals surface area contributed by atoms with Crippen LogP contribution in [0.5, 0.6) is 0 Å². The Morgan fingerprint density at radius 2 is 1.57 bits per heavy atom. The van der Waals surface area contributed by atoms with Crippen molar-refractivity contribution in [2.75, 3.05) is 31.0 Å². The van der Waals surface area contributed by atoms with Gasteiger partial charge in [-0.15, -0.1) is 0 Å². The highest BCUT2D eigenvalue weighted by atomic mass is 32.2. The van der Waals surface area contributed by atoms with Crippen molar-refractivity contribution in [1.82, 2.24) is 4.90 Å². The molecule has 1 heterocycles. The van der Waals surface area contributed by atoms with E-state index in [0.29, 0.717) is 37.6 Å². The lowest BCUT2D eigenvalue weighted by Crippen LogP contribution is -2.40. The highest BCUT2D eigenvalue weighted by Crippen LogP contribution is 2.22. The number of sulfonamides is 1. The van der Waals surface area contributed by atoms with E-state index in [1.807, 2.05) is 24.3 Å². The van der Waals surface area contributed by atoms with Crippen LogP contribution in [0.4, 0.5) is 5.69 Å². The number of carbonyl (C=O) groups is 1. The molecule has 1 fully saturated rings. The third kappa shape index (κ3) is 3.85. The fourth-order valence-electron chi connectivity index (χ4n) is 3.18. The Morgan fingerprint density at radius 1 is 0.893 bits per heavy atom. The molecule has 4 rings (SSSR count). The van der Waals surface area contributed by atoms with Crippen LogP contribution in [0.15, 0.2) is 71.6 Å². The lowest BCUT2D eigenvalue weighted by Gasteiger charge is -2.26. The molecular weight excluding hydrogens is 376 g/mol. The highest BCUT2D eigenvalue weighted by molar-refractivity contribution is 7.92. The zero-order valence-corrected chi connectivity index (χ0v) is 16.0. The SMILES string of the molecule is O=C(c1ccc(NS(=O)(=O)c2ccc3ccccc3c2)cc1)N1CCOCC1. The molecule has 0 radical (unpaired) electrons. The van der Waals surface area contributed by atoms with Crippen molar-refractivity contribution in [3.8, 4) is 0 Å². The van der Waals surface area contributed by atoms with E-state index in [0.717, 1.165) is 10.8 Å². The maximum absolute atomic E-state index is 12.7. The lowest BCUT2D eigenvalue weighted by molar-refractivity contribution is 0.0303. The number of ether oxygens (including phenoxy) is 1. The Balaban J connectivity index is 1.51. The van der Waals surface area contributed by atoms with Gasteiger partial charge in [-0.25, -0.2) is 8.42 Å². The Morgan fingerprint density at radius 3 is 2.29 bits per heavy atom. The van der Waals surface area contributed by atoms with E-state index in [-0.39, 0.29) is 10.8 Å². The Bertz CT molecular complexity index is 1100. The molecule has 0 aromatic heterocycles. The van der Waals surface area contributed by atoms with Crippen molar-refractivity contribution in [2.45, 2.75) is 4.90 Å². The van der Waals surface area contributed by atoms with E-state index in [1.54, 1.807) is 47.4 Å². The molecular formula is C21H20N2O4S. The van der Waals surface area contributed by atoms with Gasteiger partial charge in [0, 0.05) is 24.3 Å². The minimum atomic E-state index is -3.72. The summed E-state index contributed by atoms with van der Waals surface area (Å²) in [6.45, 7) is 2.20. The minimum absolute atomic E-state index is 0.0766. The lowest BCUT2D eigenvalue weighted by atomic mass is 10.1. The van der Waals surface area contributed by atoms with Crippen LogP contribution in [-0.2, 0) is 14.8 Å². The Hall–Kier alpha value is -2.90. The maximum Gasteiger partial charge on any atom is 0.261 e. The predicted octanol–water partition coefficient (Wildman–Crippen LogP) is 3.11. The molecule has 0 bridgehead atoms. The quantitative estimate of drug-likeness (QED) is 0.735. The second kappa shape index (κ2) is 7.61. The van der Waals surface area contributed by atoms with Crippen LogP contribution < -0.4 is 4.72 Å². The van der Waals surface area contributed by atoms with Gasteiger partial charge in [-0.1, -0.05) is 30.3 Å². The normalized spacial score (nSPS) is 14.8. The molecule has 6 nitrogen and oxygen atoms in total. The molecule has 0 saturated carbocycles. The number of morpholine rings is 1. The van der Waals surface area contributed by atoms with Crippen LogP contribution in [-0.4, -0.2) is 45.5 Å². The standard InChI is InChI=1S/C21H20N2O4S/c24-21(23-11-13-27-14-12-23)17-5-8-19(9-6-17)22-28(25,26)20-10-7-16-3-1-2-4-18(16)15-20/h1-10,15,22H,11-14H2. The molecule has 7 heteroatoms. The third-order valence-electron chi connectivity index (χ3n) is 4.71. The van der Waals surface area contributed by atoms with E-state index in [9.17, 15) is 13.2 Å². The molecule has 0 spiro atoms.